The molecule has 0 aliphatic carbocycles. The van der Waals surface area contributed by atoms with Crippen LogP contribution in [0.15, 0.2) is 30.0 Å². The fourth-order valence-electron chi connectivity index (χ4n) is 1.50. The molecule has 1 heterocycles. The van der Waals surface area contributed by atoms with Crippen molar-refractivity contribution in [3.8, 4) is 18.4 Å². The SMILES string of the molecule is C#C/C(C#N)=C/c1c[nH]c2ccc(Cl)cc12. The molecule has 0 saturated carbocycles. The fourth-order valence-corrected chi connectivity index (χ4v) is 1.67. The van der Waals surface area contributed by atoms with E-state index in [1.807, 2.05) is 18.2 Å². The van der Waals surface area contributed by atoms with Crippen molar-refractivity contribution in [1.29, 1.82) is 5.26 Å². The van der Waals surface area contributed by atoms with E-state index in [4.69, 9.17) is 23.3 Å². The summed E-state index contributed by atoms with van der Waals surface area (Å²) in [6.07, 6.45) is 8.66. The Kier molecular flexibility index (Phi) is 2.68. The van der Waals surface area contributed by atoms with Gasteiger partial charge in [-0.2, -0.15) is 5.26 Å². The molecule has 0 fully saturated rings. The molecule has 0 saturated heterocycles. The van der Waals surface area contributed by atoms with Gasteiger partial charge in [0.05, 0.1) is 0 Å². The van der Waals surface area contributed by atoms with E-state index >= 15 is 0 Å². The Labute approximate surface area is 98.2 Å². The van der Waals surface area contributed by atoms with Crippen molar-refractivity contribution in [2.24, 2.45) is 0 Å². The topological polar surface area (TPSA) is 39.6 Å². The molecule has 0 radical (unpaired) electrons. The average molecular weight is 227 g/mol. The van der Waals surface area contributed by atoms with Gasteiger partial charge in [0.15, 0.2) is 0 Å². The molecule has 3 heteroatoms. The Morgan fingerprint density at radius 2 is 2.31 bits per heavy atom. The molecular formula is C13H7ClN2. The number of hydrogen-bond donors (Lipinski definition) is 1. The van der Waals surface area contributed by atoms with Gasteiger partial charge in [-0.3, -0.25) is 0 Å². The number of nitrogens with one attached hydrogen (secondary N) is 1. The molecule has 2 rings (SSSR count). The minimum Gasteiger partial charge on any atom is -0.361 e. The Morgan fingerprint density at radius 3 is 3.00 bits per heavy atom. The average Bonchev–Trinajstić information content (AvgIpc) is 2.68. The number of nitriles is 1. The van der Waals surface area contributed by atoms with Crippen molar-refractivity contribution in [2.45, 2.75) is 0 Å². The third-order valence-corrected chi connectivity index (χ3v) is 2.49. The molecule has 16 heavy (non-hydrogen) atoms. The van der Waals surface area contributed by atoms with E-state index in [0.717, 1.165) is 16.5 Å². The highest BCUT2D eigenvalue weighted by Gasteiger charge is 2.02. The molecule has 0 aliphatic heterocycles. The molecule has 0 aliphatic rings. The molecule has 0 amide bonds. The second-order valence-electron chi connectivity index (χ2n) is 3.25. The Bertz CT molecular complexity index is 635. The normalized spacial score (nSPS) is 11.1. The number of fused-ring (bicyclic) bond motifs is 1. The lowest BCUT2D eigenvalue weighted by Gasteiger charge is -1.93. The van der Waals surface area contributed by atoms with Crippen LogP contribution in [0, 0.1) is 23.7 Å². The lowest BCUT2D eigenvalue weighted by atomic mass is 10.1. The Morgan fingerprint density at radius 1 is 1.50 bits per heavy atom. The van der Waals surface area contributed by atoms with E-state index in [9.17, 15) is 0 Å². The van der Waals surface area contributed by atoms with Gasteiger partial charge < -0.3 is 4.98 Å². The molecule has 0 bridgehead atoms. The van der Waals surface area contributed by atoms with E-state index in [0.29, 0.717) is 10.6 Å². The highest BCUT2D eigenvalue weighted by atomic mass is 35.5. The fraction of sp³-hybridized carbons (Fsp3) is 0. The van der Waals surface area contributed by atoms with Gasteiger partial charge in [-0.1, -0.05) is 17.5 Å². The first-order valence-electron chi connectivity index (χ1n) is 4.59. The van der Waals surface area contributed by atoms with Crippen LogP contribution in [0.3, 0.4) is 0 Å². The number of hydrogen-bond acceptors (Lipinski definition) is 1. The molecule has 2 nitrogen and oxygen atoms in total. The van der Waals surface area contributed by atoms with Gasteiger partial charge in [-0.15, -0.1) is 6.42 Å². The van der Waals surface area contributed by atoms with E-state index in [1.54, 1.807) is 18.3 Å². The van der Waals surface area contributed by atoms with Crippen molar-refractivity contribution in [3.63, 3.8) is 0 Å². The van der Waals surface area contributed by atoms with Crippen LogP contribution in [-0.4, -0.2) is 4.98 Å². The Balaban J connectivity index is 2.64. The van der Waals surface area contributed by atoms with Crippen LogP contribution in [0.4, 0.5) is 0 Å². The van der Waals surface area contributed by atoms with Crippen molar-refractivity contribution < 1.29 is 0 Å². The second-order valence-corrected chi connectivity index (χ2v) is 3.68. The number of rotatable bonds is 1. The van der Waals surface area contributed by atoms with Crippen LogP contribution in [-0.2, 0) is 0 Å². The van der Waals surface area contributed by atoms with Gasteiger partial charge >= 0.3 is 0 Å². The molecule has 1 aromatic carbocycles. The number of H-pyrrole nitrogens is 1. The first-order chi connectivity index (χ1) is 7.74. The molecule has 2 aromatic rings. The zero-order chi connectivity index (χ0) is 11.5. The number of allylic oxidation sites excluding steroid dienone is 1. The number of aromatic nitrogens is 1. The maximum atomic E-state index is 8.75. The summed E-state index contributed by atoms with van der Waals surface area (Å²) in [6.45, 7) is 0. The van der Waals surface area contributed by atoms with Crippen molar-refractivity contribution in [1.82, 2.24) is 4.98 Å². The summed E-state index contributed by atoms with van der Waals surface area (Å²) in [6, 6.07) is 7.48. The largest absolute Gasteiger partial charge is 0.361 e. The second kappa shape index (κ2) is 4.14. The number of aromatic amines is 1. The van der Waals surface area contributed by atoms with Crippen LogP contribution < -0.4 is 0 Å². The van der Waals surface area contributed by atoms with Crippen LogP contribution in [0.2, 0.25) is 5.02 Å². The summed E-state index contributed by atoms with van der Waals surface area (Å²) in [5.41, 5.74) is 2.12. The summed E-state index contributed by atoms with van der Waals surface area (Å²) in [7, 11) is 0. The summed E-state index contributed by atoms with van der Waals surface area (Å²) in [4.78, 5) is 3.09. The van der Waals surface area contributed by atoms with Gasteiger partial charge in [0, 0.05) is 27.7 Å². The van der Waals surface area contributed by atoms with E-state index in [1.165, 1.54) is 0 Å². The predicted molar refractivity (Wildman–Crippen MR) is 65.7 cm³/mol. The molecule has 1 N–H and O–H groups in total. The number of nitrogens with zero attached hydrogens (tertiary/aromatic N) is 1. The van der Waals surface area contributed by atoms with Crippen LogP contribution in [0.1, 0.15) is 5.56 Å². The minimum absolute atomic E-state index is 0.292. The van der Waals surface area contributed by atoms with Crippen molar-refractivity contribution >= 4 is 28.6 Å². The lowest BCUT2D eigenvalue weighted by molar-refractivity contribution is 1.47. The van der Waals surface area contributed by atoms with Crippen LogP contribution in [0.5, 0.6) is 0 Å². The molecule has 76 valence electrons. The van der Waals surface area contributed by atoms with Gasteiger partial charge in [-0.05, 0) is 24.3 Å². The van der Waals surface area contributed by atoms with E-state index in [2.05, 4.69) is 10.9 Å². The zero-order valence-electron chi connectivity index (χ0n) is 8.29. The van der Waals surface area contributed by atoms with Gasteiger partial charge in [0.2, 0.25) is 0 Å². The highest BCUT2D eigenvalue weighted by molar-refractivity contribution is 6.31. The Hall–Kier alpha value is -2.16. The lowest BCUT2D eigenvalue weighted by Crippen LogP contribution is -1.74. The molecular weight excluding hydrogens is 220 g/mol. The van der Waals surface area contributed by atoms with Crippen molar-refractivity contribution in [3.05, 3.63) is 40.6 Å². The van der Waals surface area contributed by atoms with Crippen LogP contribution in [0.25, 0.3) is 17.0 Å². The first-order valence-corrected chi connectivity index (χ1v) is 4.97. The number of benzene rings is 1. The van der Waals surface area contributed by atoms with Crippen molar-refractivity contribution in [2.75, 3.05) is 0 Å². The summed E-state index contributed by atoms with van der Waals surface area (Å²) < 4.78 is 0. The number of terminal acetylenes is 1. The van der Waals surface area contributed by atoms with Gasteiger partial charge in [0.25, 0.3) is 0 Å². The maximum Gasteiger partial charge on any atom is 0.108 e. The predicted octanol–water partition coefficient (Wildman–Crippen LogP) is 3.36. The molecule has 1 aromatic heterocycles. The summed E-state index contributed by atoms with van der Waals surface area (Å²) in [5.74, 6) is 2.32. The number of halogens is 1. The molecule has 0 spiro atoms. The third kappa shape index (κ3) is 1.80. The molecule has 0 atom stereocenters. The maximum absolute atomic E-state index is 8.75. The summed E-state index contributed by atoms with van der Waals surface area (Å²) >= 11 is 5.91. The monoisotopic (exact) mass is 226 g/mol. The van der Waals surface area contributed by atoms with Crippen LogP contribution >= 0.6 is 11.6 Å². The minimum atomic E-state index is 0.292. The first kappa shape index (κ1) is 10.4. The van der Waals surface area contributed by atoms with Gasteiger partial charge in [0.1, 0.15) is 11.6 Å². The quantitative estimate of drug-likeness (QED) is 0.588. The summed E-state index contributed by atoms with van der Waals surface area (Å²) in [5, 5.41) is 10.4. The smallest absolute Gasteiger partial charge is 0.108 e. The highest BCUT2D eigenvalue weighted by Crippen LogP contribution is 2.23. The third-order valence-electron chi connectivity index (χ3n) is 2.25. The molecule has 0 unspecified atom stereocenters. The zero-order valence-corrected chi connectivity index (χ0v) is 9.05. The van der Waals surface area contributed by atoms with E-state index < -0.39 is 0 Å². The van der Waals surface area contributed by atoms with E-state index in [-0.39, 0.29) is 0 Å². The standard InChI is InChI=1S/C13H7ClN2/c1-2-9(7-15)5-10-8-16-13-4-3-11(14)6-12(10)13/h1,3-6,8,16H/b9-5-. The van der Waals surface area contributed by atoms with Gasteiger partial charge in [-0.25, -0.2) is 0 Å².